The van der Waals surface area contributed by atoms with Gasteiger partial charge in [-0.2, -0.15) is 0 Å². The van der Waals surface area contributed by atoms with Crippen LogP contribution in [0.15, 0.2) is 36.5 Å². The molecular formula is C29H36N4O6. The van der Waals surface area contributed by atoms with Gasteiger partial charge in [-0.25, -0.2) is 0 Å². The maximum atomic E-state index is 14.2. The maximum Gasteiger partial charge on any atom is 0.310 e. The summed E-state index contributed by atoms with van der Waals surface area (Å²) in [6, 6.07) is 7.04. The van der Waals surface area contributed by atoms with Crippen LogP contribution in [-0.2, 0) is 23.9 Å². The van der Waals surface area contributed by atoms with Gasteiger partial charge in [0, 0.05) is 24.2 Å². The van der Waals surface area contributed by atoms with Crippen molar-refractivity contribution in [3.63, 3.8) is 0 Å². The number of amides is 3. The number of fused-ring (bicyclic) bond motifs is 3. The van der Waals surface area contributed by atoms with Crippen molar-refractivity contribution in [2.45, 2.75) is 83.8 Å². The van der Waals surface area contributed by atoms with Gasteiger partial charge in [0.15, 0.2) is 0 Å². The molecular weight excluding hydrogens is 500 g/mol. The van der Waals surface area contributed by atoms with E-state index in [1.54, 1.807) is 18.0 Å². The second-order valence-corrected chi connectivity index (χ2v) is 11.7. The molecule has 0 spiro atoms. The number of piperidine rings is 1. The van der Waals surface area contributed by atoms with E-state index in [1.165, 1.54) is 0 Å². The van der Waals surface area contributed by atoms with Crippen LogP contribution in [0.5, 0.6) is 0 Å². The van der Waals surface area contributed by atoms with Gasteiger partial charge >= 0.3 is 5.97 Å². The van der Waals surface area contributed by atoms with Crippen LogP contribution in [0.3, 0.4) is 0 Å². The summed E-state index contributed by atoms with van der Waals surface area (Å²) in [4.78, 5) is 59.1. The molecule has 2 aromatic rings. The van der Waals surface area contributed by atoms with Crippen LogP contribution in [0.2, 0.25) is 0 Å². The zero-order chi connectivity index (χ0) is 27.9. The highest BCUT2D eigenvalue weighted by Gasteiger charge is 2.54. The molecule has 3 heterocycles. The second-order valence-electron chi connectivity index (χ2n) is 11.7. The molecule has 3 fully saturated rings. The van der Waals surface area contributed by atoms with Gasteiger partial charge in [-0.1, -0.05) is 45.0 Å². The molecule has 1 saturated carbocycles. The minimum atomic E-state index is -0.881. The minimum absolute atomic E-state index is 0.0126. The molecule has 2 saturated heterocycles. The number of esters is 1. The number of benzene rings is 1. The number of carbonyl (C=O) groups is 4. The number of carbonyl (C=O) groups excluding carboxylic acids is 4. The van der Waals surface area contributed by atoms with Gasteiger partial charge in [0.2, 0.25) is 18.1 Å². The standard InChI is InChI=1S/C29H36N4O6/c1-5-38-28-20(15-21(34)39-28)31-26(36)23-17-10-11-18(14-17)33(23)27(37)24(29(2,3)4)32-25(35)22-19-9-7-6-8-16(19)12-13-30-22/h6-9,12-13,17-18,20,23-24,28H,5,10-11,14-15H2,1-4H3,(H,31,36)(H,32,35)/t17?,18?,20?,23?,24?,28-/m0/s1. The monoisotopic (exact) mass is 536 g/mol. The van der Waals surface area contributed by atoms with Gasteiger partial charge in [-0.15, -0.1) is 0 Å². The fourth-order valence-electron chi connectivity index (χ4n) is 6.18. The number of rotatable bonds is 7. The number of nitrogens with one attached hydrogen (secondary N) is 2. The van der Waals surface area contributed by atoms with E-state index in [0.29, 0.717) is 12.0 Å². The van der Waals surface area contributed by atoms with Crippen LogP contribution in [-0.4, -0.2) is 70.6 Å². The molecule has 2 bridgehead atoms. The van der Waals surface area contributed by atoms with Gasteiger partial charge in [0.1, 0.15) is 23.8 Å². The molecule has 3 amide bonds. The molecule has 39 heavy (non-hydrogen) atoms. The van der Waals surface area contributed by atoms with Gasteiger partial charge in [0.25, 0.3) is 5.91 Å². The summed E-state index contributed by atoms with van der Waals surface area (Å²) in [6.45, 7) is 7.80. The van der Waals surface area contributed by atoms with Crippen LogP contribution >= 0.6 is 0 Å². The molecule has 3 aliphatic rings. The Morgan fingerprint density at radius 2 is 1.95 bits per heavy atom. The first-order valence-electron chi connectivity index (χ1n) is 13.7. The average Bonchev–Trinajstić information content (AvgIpc) is 3.60. The highest BCUT2D eigenvalue weighted by atomic mass is 16.7. The summed E-state index contributed by atoms with van der Waals surface area (Å²) in [5.41, 5.74) is -0.383. The van der Waals surface area contributed by atoms with Gasteiger partial charge in [-0.05, 0) is 49.0 Å². The Kier molecular flexibility index (Phi) is 7.33. The Hall–Kier alpha value is -3.53. The van der Waals surface area contributed by atoms with Gasteiger partial charge in [0.05, 0.1) is 6.42 Å². The SMILES string of the molecule is CCO[C@H]1OC(=O)CC1NC(=O)C1C2CCC(C2)N1C(=O)C(NC(=O)c1nccc2ccccc12)C(C)(C)C. The summed E-state index contributed by atoms with van der Waals surface area (Å²) >= 11 is 0. The van der Waals surface area contributed by atoms with Crippen molar-refractivity contribution in [1.29, 1.82) is 0 Å². The van der Waals surface area contributed by atoms with Crippen LogP contribution in [0.25, 0.3) is 10.8 Å². The number of likely N-dealkylation sites (tertiary alicyclic amines) is 1. The van der Waals surface area contributed by atoms with E-state index in [2.05, 4.69) is 15.6 Å². The summed E-state index contributed by atoms with van der Waals surface area (Å²) in [5, 5.41) is 7.45. The summed E-state index contributed by atoms with van der Waals surface area (Å²) in [7, 11) is 0. The van der Waals surface area contributed by atoms with Gasteiger partial charge < -0.3 is 25.0 Å². The lowest BCUT2D eigenvalue weighted by molar-refractivity contribution is -0.165. The summed E-state index contributed by atoms with van der Waals surface area (Å²) in [5.74, 6) is -1.47. The Bertz CT molecular complexity index is 1280. The molecule has 10 nitrogen and oxygen atoms in total. The molecule has 0 radical (unpaired) electrons. The maximum absolute atomic E-state index is 14.2. The van der Waals surface area contributed by atoms with Crippen molar-refractivity contribution >= 4 is 34.5 Å². The van der Waals surface area contributed by atoms with Crippen molar-refractivity contribution in [3.05, 3.63) is 42.2 Å². The number of cyclic esters (lactones) is 1. The number of aromatic nitrogens is 1. The van der Waals surface area contributed by atoms with E-state index in [9.17, 15) is 19.2 Å². The van der Waals surface area contributed by atoms with Crippen LogP contribution in [0, 0.1) is 11.3 Å². The lowest BCUT2D eigenvalue weighted by atomic mass is 9.84. The largest absolute Gasteiger partial charge is 0.433 e. The van der Waals surface area contributed by atoms with Crippen molar-refractivity contribution in [3.8, 4) is 0 Å². The Morgan fingerprint density at radius 3 is 2.69 bits per heavy atom. The predicted octanol–water partition coefficient (Wildman–Crippen LogP) is 2.55. The molecule has 2 N–H and O–H groups in total. The van der Waals surface area contributed by atoms with Crippen molar-refractivity contribution < 1.29 is 28.7 Å². The molecule has 1 aromatic heterocycles. The topological polar surface area (TPSA) is 127 Å². The molecule has 5 unspecified atom stereocenters. The Balaban J connectivity index is 1.38. The number of pyridine rings is 1. The van der Waals surface area contributed by atoms with E-state index in [1.807, 2.05) is 51.1 Å². The molecule has 2 aliphatic heterocycles. The average molecular weight is 537 g/mol. The smallest absolute Gasteiger partial charge is 0.310 e. The molecule has 1 aromatic carbocycles. The first-order valence-corrected chi connectivity index (χ1v) is 13.7. The molecule has 6 atom stereocenters. The Morgan fingerprint density at radius 1 is 1.18 bits per heavy atom. The lowest BCUT2D eigenvalue weighted by Gasteiger charge is -2.40. The molecule has 5 rings (SSSR count). The number of hydrogen-bond acceptors (Lipinski definition) is 7. The van der Waals surface area contributed by atoms with E-state index in [-0.39, 0.29) is 35.9 Å². The predicted molar refractivity (Wildman–Crippen MR) is 142 cm³/mol. The highest BCUT2D eigenvalue weighted by molar-refractivity contribution is 6.06. The summed E-state index contributed by atoms with van der Waals surface area (Å²) in [6.07, 6.45) is 3.14. The van der Waals surface area contributed by atoms with E-state index in [4.69, 9.17) is 9.47 Å². The summed E-state index contributed by atoms with van der Waals surface area (Å²) < 4.78 is 10.7. The first kappa shape index (κ1) is 27.1. The van der Waals surface area contributed by atoms with Crippen molar-refractivity contribution in [2.75, 3.05) is 6.61 Å². The normalized spacial score (nSPS) is 26.9. The zero-order valence-electron chi connectivity index (χ0n) is 22.8. The third kappa shape index (κ3) is 5.22. The zero-order valence-corrected chi connectivity index (χ0v) is 22.8. The number of ether oxygens (including phenoxy) is 2. The lowest BCUT2D eigenvalue weighted by Crippen LogP contribution is -2.62. The Labute approximate surface area is 227 Å². The quantitative estimate of drug-likeness (QED) is 0.521. The third-order valence-electron chi connectivity index (χ3n) is 8.01. The van der Waals surface area contributed by atoms with E-state index < -0.39 is 41.7 Å². The first-order chi connectivity index (χ1) is 18.6. The van der Waals surface area contributed by atoms with Crippen LogP contribution in [0.1, 0.15) is 63.9 Å². The van der Waals surface area contributed by atoms with Gasteiger partial charge in [-0.3, -0.25) is 24.2 Å². The number of nitrogens with zero attached hydrogens (tertiary/aromatic N) is 2. The molecule has 208 valence electrons. The highest BCUT2D eigenvalue weighted by Crippen LogP contribution is 2.44. The second kappa shape index (κ2) is 10.6. The van der Waals surface area contributed by atoms with E-state index >= 15 is 0 Å². The van der Waals surface area contributed by atoms with E-state index in [0.717, 1.165) is 24.6 Å². The van der Waals surface area contributed by atoms with Crippen LogP contribution < -0.4 is 10.6 Å². The third-order valence-corrected chi connectivity index (χ3v) is 8.01. The molecule has 10 heteroatoms. The van der Waals surface area contributed by atoms with Crippen LogP contribution in [0.4, 0.5) is 0 Å². The fourth-order valence-corrected chi connectivity index (χ4v) is 6.18. The van der Waals surface area contributed by atoms with Crippen molar-refractivity contribution in [1.82, 2.24) is 20.5 Å². The fraction of sp³-hybridized carbons (Fsp3) is 0.552. The van der Waals surface area contributed by atoms with Crippen molar-refractivity contribution in [2.24, 2.45) is 11.3 Å². The molecule has 1 aliphatic carbocycles. The number of hydrogen-bond donors (Lipinski definition) is 2. The minimum Gasteiger partial charge on any atom is -0.433 e.